The van der Waals surface area contributed by atoms with Crippen molar-refractivity contribution in [2.45, 2.75) is 6.54 Å². The number of carbonyl (C=O) groups is 1. The highest BCUT2D eigenvalue weighted by atomic mass is 16.1. The zero-order chi connectivity index (χ0) is 13.8. The molecule has 1 amide bonds. The maximum atomic E-state index is 11.9. The minimum absolute atomic E-state index is 0.0828. The quantitative estimate of drug-likeness (QED) is 0.787. The van der Waals surface area contributed by atoms with E-state index in [1.165, 1.54) is 10.8 Å². The van der Waals surface area contributed by atoms with Crippen LogP contribution in [0.15, 0.2) is 67.0 Å². The van der Waals surface area contributed by atoms with E-state index in [2.05, 4.69) is 34.6 Å². The molecule has 3 heteroatoms. The lowest BCUT2D eigenvalue weighted by Gasteiger charge is -2.06. The first-order chi connectivity index (χ1) is 9.83. The Kier molecular flexibility index (Phi) is 3.42. The molecule has 0 aliphatic heterocycles. The SMILES string of the molecule is O=C(NCc1ccc2ccccc2c1)c1ccncc1. The first-order valence-electron chi connectivity index (χ1n) is 6.49. The first kappa shape index (κ1) is 12.4. The van der Waals surface area contributed by atoms with Crippen LogP contribution in [0, 0.1) is 0 Å². The van der Waals surface area contributed by atoms with Gasteiger partial charge in [0.2, 0.25) is 0 Å². The predicted octanol–water partition coefficient (Wildman–Crippen LogP) is 3.16. The third kappa shape index (κ3) is 2.67. The molecular formula is C17H14N2O. The number of benzene rings is 2. The van der Waals surface area contributed by atoms with Crippen molar-refractivity contribution < 1.29 is 4.79 Å². The van der Waals surface area contributed by atoms with Gasteiger partial charge in [-0.25, -0.2) is 0 Å². The molecule has 0 unspecified atom stereocenters. The number of pyridine rings is 1. The van der Waals surface area contributed by atoms with Gasteiger partial charge >= 0.3 is 0 Å². The summed E-state index contributed by atoms with van der Waals surface area (Å²) in [7, 11) is 0. The smallest absolute Gasteiger partial charge is 0.251 e. The maximum absolute atomic E-state index is 11.9. The molecule has 2 aromatic carbocycles. The molecule has 98 valence electrons. The van der Waals surface area contributed by atoms with Gasteiger partial charge in [0.15, 0.2) is 0 Å². The average molecular weight is 262 g/mol. The molecule has 0 fully saturated rings. The Morgan fingerprint density at radius 3 is 2.50 bits per heavy atom. The molecule has 0 atom stereocenters. The van der Waals surface area contributed by atoms with Crippen LogP contribution in [0.1, 0.15) is 15.9 Å². The molecule has 0 saturated heterocycles. The second kappa shape index (κ2) is 5.53. The van der Waals surface area contributed by atoms with Gasteiger partial charge in [-0.1, -0.05) is 36.4 Å². The molecule has 20 heavy (non-hydrogen) atoms. The summed E-state index contributed by atoms with van der Waals surface area (Å²) in [6.07, 6.45) is 3.23. The highest BCUT2D eigenvalue weighted by Gasteiger charge is 2.04. The van der Waals surface area contributed by atoms with Crippen molar-refractivity contribution in [2.24, 2.45) is 0 Å². The normalized spacial score (nSPS) is 10.4. The Morgan fingerprint density at radius 2 is 1.70 bits per heavy atom. The van der Waals surface area contributed by atoms with Crippen LogP contribution in [0.3, 0.4) is 0 Å². The Labute approximate surface area is 117 Å². The molecule has 1 heterocycles. The number of fused-ring (bicyclic) bond motifs is 1. The monoisotopic (exact) mass is 262 g/mol. The van der Waals surface area contributed by atoms with Crippen LogP contribution >= 0.6 is 0 Å². The second-order valence-corrected chi connectivity index (χ2v) is 4.60. The minimum Gasteiger partial charge on any atom is -0.348 e. The van der Waals surface area contributed by atoms with E-state index in [1.54, 1.807) is 24.5 Å². The van der Waals surface area contributed by atoms with Gasteiger partial charge in [0.25, 0.3) is 5.91 Å². The van der Waals surface area contributed by atoms with Crippen molar-refractivity contribution in [1.29, 1.82) is 0 Å². The molecule has 3 aromatic rings. The molecular weight excluding hydrogens is 248 g/mol. The minimum atomic E-state index is -0.0828. The third-order valence-electron chi connectivity index (χ3n) is 3.21. The summed E-state index contributed by atoms with van der Waals surface area (Å²) >= 11 is 0. The molecule has 0 radical (unpaired) electrons. The molecule has 3 rings (SSSR count). The van der Waals surface area contributed by atoms with E-state index in [4.69, 9.17) is 0 Å². The number of carbonyl (C=O) groups excluding carboxylic acids is 1. The maximum Gasteiger partial charge on any atom is 0.251 e. The van der Waals surface area contributed by atoms with Crippen LogP contribution in [-0.4, -0.2) is 10.9 Å². The van der Waals surface area contributed by atoms with Crippen LogP contribution in [0.25, 0.3) is 10.8 Å². The number of nitrogens with zero attached hydrogens (tertiary/aromatic N) is 1. The number of nitrogens with one attached hydrogen (secondary N) is 1. The van der Waals surface area contributed by atoms with E-state index in [-0.39, 0.29) is 5.91 Å². The van der Waals surface area contributed by atoms with Crippen LogP contribution in [-0.2, 0) is 6.54 Å². The highest BCUT2D eigenvalue weighted by molar-refractivity contribution is 5.94. The van der Waals surface area contributed by atoms with Gasteiger partial charge in [-0.3, -0.25) is 9.78 Å². The molecule has 0 saturated carbocycles. The van der Waals surface area contributed by atoms with Gasteiger partial charge in [-0.15, -0.1) is 0 Å². The molecule has 0 aliphatic carbocycles. The van der Waals surface area contributed by atoms with E-state index in [0.717, 1.165) is 5.56 Å². The Bertz CT molecular complexity index is 738. The van der Waals surface area contributed by atoms with E-state index in [0.29, 0.717) is 12.1 Å². The van der Waals surface area contributed by atoms with E-state index in [1.807, 2.05) is 18.2 Å². The Balaban J connectivity index is 1.72. The lowest BCUT2D eigenvalue weighted by Crippen LogP contribution is -2.22. The summed E-state index contributed by atoms with van der Waals surface area (Å²) in [6, 6.07) is 17.8. The lowest BCUT2D eigenvalue weighted by atomic mass is 10.1. The summed E-state index contributed by atoms with van der Waals surface area (Å²) in [4.78, 5) is 15.8. The number of amides is 1. The van der Waals surface area contributed by atoms with Crippen LogP contribution < -0.4 is 5.32 Å². The zero-order valence-electron chi connectivity index (χ0n) is 10.9. The summed E-state index contributed by atoms with van der Waals surface area (Å²) in [5.74, 6) is -0.0828. The van der Waals surface area contributed by atoms with Crippen LogP contribution in [0.4, 0.5) is 0 Å². The lowest BCUT2D eigenvalue weighted by molar-refractivity contribution is 0.0951. The van der Waals surface area contributed by atoms with E-state index >= 15 is 0 Å². The van der Waals surface area contributed by atoms with E-state index in [9.17, 15) is 4.79 Å². The number of rotatable bonds is 3. The zero-order valence-corrected chi connectivity index (χ0v) is 10.9. The Morgan fingerprint density at radius 1 is 0.950 bits per heavy atom. The molecule has 0 spiro atoms. The van der Waals surface area contributed by atoms with Gasteiger partial charge in [-0.2, -0.15) is 0 Å². The number of hydrogen-bond donors (Lipinski definition) is 1. The molecule has 3 nitrogen and oxygen atoms in total. The van der Waals surface area contributed by atoms with Gasteiger partial charge < -0.3 is 5.32 Å². The fraction of sp³-hybridized carbons (Fsp3) is 0.0588. The van der Waals surface area contributed by atoms with Crippen molar-refractivity contribution in [3.63, 3.8) is 0 Å². The third-order valence-corrected chi connectivity index (χ3v) is 3.21. The number of hydrogen-bond acceptors (Lipinski definition) is 2. The molecule has 1 aromatic heterocycles. The van der Waals surface area contributed by atoms with Gasteiger partial charge in [0, 0.05) is 24.5 Å². The fourth-order valence-electron chi connectivity index (χ4n) is 2.14. The van der Waals surface area contributed by atoms with Crippen molar-refractivity contribution in [1.82, 2.24) is 10.3 Å². The standard InChI is InChI=1S/C17H14N2O/c20-17(15-7-9-18-10-8-15)19-12-13-5-6-14-3-1-2-4-16(14)11-13/h1-11H,12H2,(H,19,20). The second-order valence-electron chi connectivity index (χ2n) is 4.60. The summed E-state index contributed by atoms with van der Waals surface area (Å²) < 4.78 is 0. The molecule has 1 N–H and O–H groups in total. The van der Waals surface area contributed by atoms with Gasteiger partial charge in [-0.05, 0) is 34.5 Å². The van der Waals surface area contributed by atoms with Gasteiger partial charge in [0.05, 0.1) is 0 Å². The summed E-state index contributed by atoms with van der Waals surface area (Å²) in [5, 5.41) is 5.30. The number of aromatic nitrogens is 1. The topological polar surface area (TPSA) is 42.0 Å². The van der Waals surface area contributed by atoms with Crippen molar-refractivity contribution in [3.05, 3.63) is 78.1 Å². The van der Waals surface area contributed by atoms with E-state index < -0.39 is 0 Å². The fourth-order valence-corrected chi connectivity index (χ4v) is 2.14. The average Bonchev–Trinajstić information content (AvgIpc) is 2.53. The van der Waals surface area contributed by atoms with Crippen molar-refractivity contribution in [2.75, 3.05) is 0 Å². The summed E-state index contributed by atoms with van der Waals surface area (Å²) in [5.41, 5.74) is 1.71. The Hall–Kier alpha value is -2.68. The largest absolute Gasteiger partial charge is 0.348 e. The van der Waals surface area contributed by atoms with Crippen molar-refractivity contribution in [3.8, 4) is 0 Å². The predicted molar refractivity (Wildman–Crippen MR) is 79.4 cm³/mol. The van der Waals surface area contributed by atoms with Gasteiger partial charge in [0.1, 0.15) is 0 Å². The first-order valence-corrected chi connectivity index (χ1v) is 6.49. The highest BCUT2D eigenvalue weighted by Crippen LogP contribution is 2.15. The van der Waals surface area contributed by atoms with Crippen molar-refractivity contribution >= 4 is 16.7 Å². The molecule has 0 aliphatic rings. The van der Waals surface area contributed by atoms with Crippen LogP contribution in [0.2, 0.25) is 0 Å². The molecule has 0 bridgehead atoms. The van der Waals surface area contributed by atoms with Crippen LogP contribution in [0.5, 0.6) is 0 Å². The summed E-state index contributed by atoms with van der Waals surface area (Å²) in [6.45, 7) is 0.520.